The van der Waals surface area contributed by atoms with Gasteiger partial charge in [0.25, 0.3) is 0 Å². The van der Waals surface area contributed by atoms with E-state index in [4.69, 9.17) is 5.73 Å². The maximum Gasteiger partial charge on any atom is 0.239 e. The van der Waals surface area contributed by atoms with E-state index < -0.39 is 0 Å². The van der Waals surface area contributed by atoms with Crippen LogP contribution in [0.25, 0.3) is 0 Å². The van der Waals surface area contributed by atoms with Crippen molar-refractivity contribution in [2.75, 3.05) is 47.3 Å². The van der Waals surface area contributed by atoms with Gasteiger partial charge in [0, 0.05) is 26.2 Å². The van der Waals surface area contributed by atoms with E-state index in [1.165, 1.54) is 25.9 Å². The average Bonchev–Trinajstić information content (AvgIpc) is 2.43. The lowest BCUT2D eigenvalue weighted by Gasteiger charge is -2.36. The Balaban J connectivity index is 2.29. The Morgan fingerprint density at radius 2 is 1.89 bits per heavy atom. The summed E-state index contributed by atoms with van der Waals surface area (Å²) in [5.74, 6) is 0.0549. The fourth-order valence-electron chi connectivity index (χ4n) is 2.49. The molecule has 1 rings (SSSR count). The molecule has 0 aromatic heterocycles. The highest BCUT2D eigenvalue weighted by Gasteiger charge is 2.21. The summed E-state index contributed by atoms with van der Waals surface area (Å²) in [5, 5.41) is 0. The van der Waals surface area contributed by atoms with Crippen LogP contribution in [-0.4, -0.2) is 80.0 Å². The van der Waals surface area contributed by atoms with Crippen LogP contribution in [0.15, 0.2) is 0 Å². The quantitative estimate of drug-likeness (QED) is 0.749. The third-order valence-electron chi connectivity index (χ3n) is 4.23. The lowest BCUT2D eigenvalue weighted by molar-refractivity contribution is -0.131. The highest BCUT2D eigenvalue weighted by Crippen LogP contribution is 2.13. The normalized spacial score (nSPS) is 19.7. The summed E-state index contributed by atoms with van der Waals surface area (Å²) >= 11 is 0. The van der Waals surface area contributed by atoms with Crippen molar-refractivity contribution in [3.63, 3.8) is 0 Å². The number of likely N-dealkylation sites (tertiary alicyclic amines) is 1. The molecule has 1 aliphatic heterocycles. The molecule has 1 saturated heterocycles. The molecule has 5 nitrogen and oxygen atoms in total. The van der Waals surface area contributed by atoms with E-state index in [9.17, 15) is 4.79 Å². The maximum absolute atomic E-state index is 11.9. The number of rotatable bonds is 6. The van der Waals surface area contributed by atoms with Gasteiger partial charge >= 0.3 is 0 Å². The molecule has 0 aromatic carbocycles. The summed E-state index contributed by atoms with van der Waals surface area (Å²) in [4.78, 5) is 18.4. The lowest BCUT2D eigenvalue weighted by Crippen LogP contribution is -2.47. The zero-order chi connectivity index (χ0) is 14.4. The van der Waals surface area contributed by atoms with Crippen molar-refractivity contribution in [1.82, 2.24) is 14.7 Å². The predicted molar refractivity (Wildman–Crippen MR) is 79.1 cm³/mol. The van der Waals surface area contributed by atoms with Gasteiger partial charge in [0.1, 0.15) is 0 Å². The SMILES string of the molecule is CC[C@H](N)C(=O)N(C)CCN(C)C1CCN(C)CC1. The second-order valence-electron chi connectivity index (χ2n) is 5.79. The van der Waals surface area contributed by atoms with Gasteiger partial charge in [0.15, 0.2) is 0 Å². The van der Waals surface area contributed by atoms with E-state index in [-0.39, 0.29) is 11.9 Å². The molecule has 2 N–H and O–H groups in total. The molecule has 1 fully saturated rings. The van der Waals surface area contributed by atoms with Crippen LogP contribution >= 0.6 is 0 Å². The van der Waals surface area contributed by atoms with Gasteiger partial charge < -0.3 is 20.4 Å². The van der Waals surface area contributed by atoms with Crippen molar-refractivity contribution in [1.29, 1.82) is 0 Å². The molecular formula is C14H30N4O. The number of carbonyl (C=O) groups excluding carboxylic acids is 1. The Labute approximate surface area is 117 Å². The Morgan fingerprint density at radius 3 is 2.42 bits per heavy atom. The third-order valence-corrected chi connectivity index (χ3v) is 4.23. The molecule has 0 bridgehead atoms. The van der Waals surface area contributed by atoms with Gasteiger partial charge in [-0.05, 0) is 46.4 Å². The number of piperidine rings is 1. The first kappa shape index (κ1) is 16.4. The molecule has 19 heavy (non-hydrogen) atoms. The molecule has 0 radical (unpaired) electrons. The average molecular weight is 270 g/mol. The fourth-order valence-corrected chi connectivity index (χ4v) is 2.49. The molecule has 0 unspecified atom stereocenters. The number of hydrogen-bond donors (Lipinski definition) is 1. The van der Waals surface area contributed by atoms with Gasteiger partial charge in [0.2, 0.25) is 5.91 Å². The summed E-state index contributed by atoms with van der Waals surface area (Å²) in [6.45, 7) is 5.97. The summed E-state index contributed by atoms with van der Waals surface area (Å²) in [7, 11) is 6.18. The molecule has 112 valence electrons. The second kappa shape index (κ2) is 7.82. The van der Waals surface area contributed by atoms with Gasteiger partial charge in [0.05, 0.1) is 6.04 Å². The van der Waals surface area contributed by atoms with Crippen LogP contribution in [0.1, 0.15) is 26.2 Å². The van der Waals surface area contributed by atoms with Crippen molar-refractivity contribution < 1.29 is 4.79 Å². The van der Waals surface area contributed by atoms with Crippen molar-refractivity contribution >= 4 is 5.91 Å². The minimum Gasteiger partial charge on any atom is -0.343 e. The van der Waals surface area contributed by atoms with E-state index in [1.807, 2.05) is 14.0 Å². The van der Waals surface area contributed by atoms with E-state index in [0.29, 0.717) is 12.5 Å². The predicted octanol–water partition coefficient (Wildman–Crippen LogP) is 0.208. The summed E-state index contributed by atoms with van der Waals surface area (Å²) in [5.41, 5.74) is 5.77. The van der Waals surface area contributed by atoms with Gasteiger partial charge in [-0.1, -0.05) is 6.92 Å². The third kappa shape index (κ3) is 5.09. The van der Waals surface area contributed by atoms with Crippen LogP contribution in [0.3, 0.4) is 0 Å². The molecule has 0 aromatic rings. The minimum absolute atomic E-state index is 0.0549. The number of hydrogen-bond acceptors (Lipinski definition) is 4. The molecule has 0 aliphatic carbocycles. The van der Waals surface area contributed by atoms with E-state index in [2.05, 4.69) is 23.9 Å². The molecule has 1 amide bonds. The van der Waals surface area contributed by atoms with Crippen LogP contribution < -0.4 is 5.73 Å². The van der Waals surface area contributed by atoms with Crippen molar-refractivity contribution in [2.24, 2.45) is 5.73 Å². The summed E-state index contributed by atoms with van der Waals surface area (Å²) < 4.78 is 0. The lowest BCUT2D eigenvalue weighted by atomic mass is 10.0. The first-order chi connectivity index (χ1) is 8.95. The molecule has 1 atom stereocenters. The number of carbonyl (C=O) groups is 1. The van der Waals surface area contributed by atoms with Crippen LogP contribution in [0.2, 0.25) is 0 Å². The minimum atomic E-state index is -0.348. The Kier molecular flexibility index (Phi) is 6.75. The number of nitrogens with two attached hydrogens (primary N) is 1. The van der Waals surface area contributed by atoms with Crippen LogP contribution in [-0.2, 0) is 4.79 Å². The largest absolute Gasteiger partial charge is 0.343 e. The summed E-state index contributed by atoms with van der Waals surface area (Å²) in [6.07, 6.45) is 3.15. The highest BCUT2D eigenvalue weighted by molar-refractivity contribution is 5.81. The highest BCUT2D eigenvalue weighted by atomic mass is 16.2. The molecule has 5 heteroatoms. The molecule has 1 heterocycles. The van der Waals surface area contributed by atoms with Crippen molar-refractivity contribution in [3.05, 3.63) is 0 Å². The smallest absolute Gasteiger partial charge is 0.239 e. The topological polar surface area (TPSA) is 52.8 Å². The Morgan fingerprint density at radius 1 is 1.32 bits per heavy atom. The van der Waals surface area contributed by atoms with Crippen molar-refractivity contribution in [2.45, 2.75) is 38.3 Å². The van der Waals surface area contributed by atoms with E-state index in [0.717, 1.165) is 13.1 Å². The zero-order valence-electron chi connectivity index (χ0n) is 12.9. The number of amides is 1. The van der Waals surface area contributed by atoms with Gasteiger partial charge in [-0.3, -0.25) is 4.79 Å². The van der Waals surface area contributed by atoms with Crippen molar-refractivity contribution in [3.8, 4) is 0 Å². The molecule has 0 spiro atoms. The van der Waals surface area contributed by atoms with E-state index >= 15 is 0 Å². The summed E-state index contributed by atoms with van der Waals surface area (Å²) in [6, 6.07) is 0.304. The van der Waals surface area contributed by atoms with Gasteiger partial charge in [-0.15, -0.1) is 0 Å². The zero-order valence-corrected chi connectivity index (χ0v) is 12.9. The number of likely N-dealkylation sites (N-methyl/N-ethyl adjacent to an activating group) is 2. The molecule has 1 aliphatic rings. The molecular weight excluding hydrogens is 240 g/mol. The standard InChI is InChI=1S/C14H30N4O/c1-5-13(15)14(19)18(4)11-10-17(3)12-6-8-16(2)9-7-12/h12-13H,5-11,15H2,1-4H3/t13-/m0/s1. The Hall–Kier alpha value is -0.650. The second-order valence-corrected chi connectivity index (χ2v) is 5.79. The fraction of sp³-hybridized carbons (Fsp3) is 0.929. The van der Waals surface area contributed by atoms with E-state index in [1.54, 1.807) is 4.90 Å². The maximum atomic E-state index is 11.9. The monoisotopic (exact) mass is 270 g/mol. The van der Waals surface area contributed by atoms with Crippen LogP contribution in [0.5, 0.6) is 0 Å². The van der Waals surface area contributed by atoms with Crippen LogP contribution in [0, 0.1) is 0 Å². The van der Waals surface area contributed by atoms with Gasteiger partial charge in [-0.25, -0.2) is 0 Å². The van der Waals surface area contributed by atoms with Crippen LogP contribution in [0.4, 0.5) is 0 Å². The number of nitrogens with zero attached hydrogens (tertiary/aromatic N) is 3. The molecule has 0 saturated carbocycles. The Bertz CT molecular complexity index is 277. The first-order valence-corrected chi connectivity index (χ1v) is 7.35. The first-order valence-electron chi connectivity index (χ1n) is 7.35. The van der Waals surface area contributed by atoms with Gasteiger partial charge in [-0.2, -0.15) is 0 Å².